The van der Waals surface area contributed by atoms with Crippen molar-refractivity contribution in [3.63, 3.8) is 0 Å². The molecule has 1 N–H and O–H groups in total. The van der Waals surface area contributed by atoms with Gasteiger partial charge in [-0.2, -0.15) is 0 Å². The summed E-state index contributed by atoms with van der Waals surface area (Å²) in [6.45, 7) is 14.1. The predicted molar refractivity (Wildman–Crippen MR) is 89.2 cm³/mol. The Hall–Kier alpha value is -0.643. The van der Waals surface area contributed by atoms with E-state index in [0.717, 1.165) is 30.5 Å². The van der Waals surface area contributed by atoms with Gasteiger partial charge in [-0.15, -0.1) is 6.58 Å². The standard InChI is InChI=1S/C17H28N2Si/c1-4-14-13-15-7-5-6-8-16(15)17(14)20(2,3)19-11-9-18-10-12-19/h4-8,14-18H,1,9-13H2,2-3H3. The van der Waals surface area contributed by atoms with Crippen molar-refractivity contribution in [1.82, 2.24) is 9.88 Å². The van der Waals surface area contributed by atoms with E-state index in [1.54, 1.807) is 0 Å². The van der Waals surface area contributed by atoms with Gasteiger partial charge in [-0.05, 0) is 29.7 Å². The molecule has 1 aliphatic heterocycles. The Morgan fingerprint density at radius 1 is 1.20 bits per heavy atom. The van der Waals surface area contributed by atoms with Crippen molar-refractivity contribution in [2.75, 3.05) is 26.2 Å². The molecule has 4 unspecified atom stereocenters. The first-order chi connectivity index (χ1) is 9.64. The maximum absolute atomic E-state index is 4.15. The molecular weight excluding hydrogens is 260 g/mol. The Kier molecular flexibility index (Phi) is 4.02. The summed E-state index contributed by atoms with van der Waals surface area (Å²) in [5, 5.41) is 3.49. The van der Waals surface area contributed by atoms with Crippen LogP contribution in [0.2, 0.25) is 18.6 Å². The van der Waals surface area contributed by atoms with Crippen LogP contribution in [0, 0.1) is 17.8 Å². The van der Waals surface area contributed by atoms with Gasteiger partial charge in [-0.3, -0.25) is 0 Å². The highest BCUT2D eigenvalue weighted by Gasteiger charge is 2.51. The lowest BCUT2D eigenvalue weighted by Crippen LogP contribution is -2.60. The third-order valence-electron chi connectivity index (χ3n) is 5.77. The first kappa shape index (κ1) is 14.3. The number of allylic oxidation sites excluding steroid dienone is 5. The van der Waals surface area contributed by atoms with Crippen LogP contribution < -0.4 is 5.32 Å². The molecule has 3 aliphatic rings. The molecule has 110 valence electrons. The van der Waals surface area contributed by atoms with Crippen molar-refractivity contribution in [2.45, 2.75) is 25.1 Å². The van der Waals surface area contributed by atoms with Gasteiger partial charge < -0.3 is 9.88 Å². The van der Waals surface area contributed by atoms with Gasteiger partial charge in [0.05, 0.1) is 0 Å². The Balaban J connectivity index is 1.86. The van der Waals surface area contributed by atoms with E-state index in [4.69, 9.17) is 0 Å². The highest BCUT2D eigenvalue weighted by atomic mass is 28.3. The third-order valence-corrected chi connectivity index (χ3v) is 10.3. The zero-order chi connectivity index (χ0) is 14.2. The van der Waals surface area contributed by atoms with Crippen molar-refractivity contribution >= 4 is 8.24 Å². The van der Waals surface area contributed by atoms with Gasteiger partial charge >= 0.3 is 0 Å². The summed E-state index contributed by atoms with van der Waals surface area (Å²) in [6, 6.07) is 0. The topological polar surface area (TPSA) is 15.3 Å². The van der Waals surface area contributed by atoms with Crippen LogP contribution in [0.1, 0.15) is 6.42 Å². The number of piperazine rings is 1. The monoisotopic (exact) mass is 288 g/mol. The molecule has 1 saturated heterocycles. The van der Waals surface area contributed by atoms with Crippen LogP contribution in [0.4, 0.5) is 0 Å². The van der Waals surface area contributed by atoms with Crippen LogP contribution in [0.5, 0.6) is 0 Å². The van der Waals surface area contributed by atoms with Crippen LogP contribution in [0.3, 0.4) is 0 Å². The summed E-state index contributed by atoms with van der Waals surface area (Å²) in [5.74, 6) is 2.20. The maximum Gasteiger partial charge on any atom is 0.126 e. The minimum atomic E-state index is -1.42. The van der Waals surface area contributed by atoms with Gasteiger partial charge in [-0.25, -0.2) is 0 Å². The second kappa shape index (κ2) is 5.62. The molecule has 0 aromatic heterocycles. The molecule has 2 aliphatic carbocycles. The minimum absolute atomic E-state index is 0.703. The summed E-state index contributed by atoms with van der Waals surface area (Å²) in [6.07, 6.45) is 13.0. The molecule has 0 aromatic carbocycles. The summed E-state index contributed by atoms with van der Waals surface area (Å²) >= 11 is 0. The van der Waals surface area contributed by atoms with Gasteiger partial charge in [0.15, 0.2) is 0 Å². The summed E-state index contributed by atoms with van der Waals surface area (Å²) in [4.78, 5) is 0. The number of hydrogen-bond acceptors (Lipinski definition) is 2. The van der Waals surface area contributed by atoms with E-state index in [2.05, 4.69) is 59.9 Å². The Labute approximate surface area is 124 Å². The van der Waals surface area contributed by atoms with Crippen molar-refractivity contribution in [3.05, 3.63) is 37.0 Å². The van der Waals surface area contributed by atoms with Crippen molar-refractivity contribution in [1.29, 1.82) is 0 Å². The zero-order valence-electron chi connectivity index (χ0n) is 12.9. The second-order valence-electron chi connectivity index (χ2n) is 7.06. The summed E-state index contributed by atoms with van der Waals surface area (Å²) in [5.41, 5.74) is 0.823. The Bertz CT molecular complexity index is 421. The molecule has 3 heteroatoms. The molecule has 1 saturated carbocycles. The van der Waals surface area contributed by atoms with E-state index in [0.29, 0.717) is 5.92 Å². The summed E-state index contributed by atoms with van der Waals surface area (Å²) in [7, 11) is -1.42. The third kappa shape index (κ3) is 2.36. The molecular formula is C17H28N2Si. The highest BCUT2D eigenvalue weighted by molar-refractivity contribution is 6.76. The van der Waals surface area contributed by atoms with Gasteiger partial charge in [0.1, 0.15) is 8.24 Å². The lowest BCUT2D eigenvalue weighted by Gasteiger charge is -2.46. The van der Waals surface area contributed by atoms with Crippen LogP contribution in [-0.2, 0) is 0 Å². The van der Waals surface area contributed by atoms with E-state index in [-0.39, 0.29) is 0 Å². The van der Waals surface area contributed by atoms with Crippen LogP contribution in [0.15, 0.2) is 37.0 Å². The molecule has 0 bridgehead atoms. The molecule has 3 rings (SSSR count). The van der Waals surface area contributed by atoms with Crippen molar-refractivity contribution in [3.8, 4) is 0 Å². The fraction of sp³-hybridized carbons (Fsp3) is 0.647. The summed E-state index contributed by atoms with van der Waals surface area (Å²) < 4.78 is 2.83. The van der Waals surface area contributed by atoms with Gasteiger partial charge in [0.25, 0.3) is 0 Å². The van der Waals surface area contributed by atoms with E-state index in [1.807, 2.05) is 0 Å². The molecule has 20 heavy (non-hydrogen) atoms. The van der Waals surface area contributed by atoms with Crippen molar-refractivity contribution in [2.24, 2.45) is 17.8 Å². The van der Waals surface area contributed by atoms with Gasteiger partial charge in [0, 0.05) is 26.2 Å². The predicted octanol–water partition coefficient (Wildman–Crippen LogP) is 3.03. The fourth-order valence-electron chi connectivity index (χ4n) is 4.73. The van der Waals surface area contributed by atoms with Crippen LogP contribution >= 0.6 is 0 Å². The molecule has 0 radical (unpaired) electrons. The van der Waals surface area contributed by atoms with Gasteiger partial charge in [0.2, 0.25) is 0 Å². The highest BCUT2D eigenvalue weighted by Crippen LogP contribution is 2.54. The maximum atomic E-state index is 4.15. The van der Waals surface area contributed by atoms with E-state index >= 15 is 0 Å². The zero-order valence-corrected chi connectivity index (χ0v) is 13.9. The normalized spacial score (nSPS) is 37.9. The molecule has 1 heterocycles. The minimum Gasteiger partial charge on any atom is -0.321 e. The number of fused-ring (bicyclic) bond motifs is 1. The first-order valence-corrected chi connectivity index (χ1v) is 11.1. The molecule has 0 aromatic rings. The van der Waals surface area contributed by atoms with Crippen LogP contribution in [0.25, 0.3) is 0 Å². The quantitative estimate of drug-likeness (QED) is 0.634. The smallest absolute Gasteiger partial charge is 0.126 e. The SMILES string of the molecule is C=CC1CC2C=CC=CC2C1[Si](C)(C)N1CCNCC1. The Morgan fingerprint density at radius 3 is 2.60 bits per heavy atom. The van der Waals surface area contributed by atoms with E-state index < -0.39 is 8.24 Å². The van der Waals surface area contributed by atoms with E-state index in [1.165, 1.54) is 19.5 Å². The average Bonchev–Trinajstić information content (AvgIpc) is 2.87. The average molecular weight is 289 g/mol. The van der Waals surface area contributed by atoms with Crippen LogP contribution in [-0.4, -0.2) is 39.0 Å². The molecule has 2 fully saturated rings. The fourth-order valence-corrected chi connectivity index (χ4v) is 9.15. The number of rotatable bonds is 3. The second-order valence-corrected chi connectivity index (χ2v) is 11.7. The molecule has 4 atom stereocenters. The Morgan fingerprint density at radius 2 is 1.90 bits per heavy atom. The molecule has 0 amide bonds. The van der Waals surface area contributed by atoms with Crippen molar-refractivity contribution < 1.29 is 0 Å². The van der Waals surface area contributed by atoms with E-state index in [9.17, 15) is 0 Å². The molecule has 0 spiro atoms. The lowest BCUT2D eigenvalue weighted by atomic mass is 9.92. The lowest BCUT2D eigenvalue weighted by molar-refractivity contribution is 0.343. The number of nitrogens with one attached hydrogen (secondary N) is 1. The van der Waals surface area contributed by atoms with Gasteiger partial charge in [-0.1, -0.05) is 43.5 Å². The molecule has 2 nitrogen and oxygen atoms in total. The largest absolute Gasteiger partial charge is 0.321 e. The number of nitrogens with zero attached hydrogens (tertiary/aromatic N) is 1. The first-order valence-electron chi connectivity index (χ1n) is 8.08. The number of hydrogen-bond donors (Lipinski definition) is 1.